The van der Waals surface area contributed by atoms with Crippen LogP contribution in [0.1, 0.15) is 63.5 Å². The van der Waals surface area contributed by atoms with Crippen LogP contribution < -0.4 is 5.73 Å². The molecule has 0 heterocycles. The number of hydrogen-bond acceptors (Lipinski definition) is 1. The van der Waals surface area contributed by atoms with Gasteiger partial charge >= 0.3 is 0 Å². The van der Waals surface area contributed by atoms with E-state index in [2.05, 4.69) is 38.1 Å². The lowest BCUT2D eigenvalue weighted by molar-refractivity contribution is 0.184. The fourth-order valence-electron chi connectivity index (χ4n) is 3.52. The van der Waals surface area contributed by atoms with Crippen molar-refractivity contribution in [2.75, 3.05) is 0 Å². The van der Waals surface area contributed by atoms with Crippen molar-refractivity contribution >= 4 is 0 Å². The van der Waals surface area contributed by atoms with E-state index in [0.717, 1.165) is 6.42 Å². The highest BCUT2D eigenvalue weighted by molar-refractivity contribution is 5.30. The zero-order chi connectivity index (χ0) is 13.0. The van der Waals surface area contributed by atoms with Gasteiger partial charge in [-0.25, -0.2) is 0 Å². The highest BCUT2D eigenvalue weighted by Crippen LogP contribution is 2.41. The van der Waals surface area contributed by atoms with Crippen LogP contribution in [-0.2, 0) is 12.0 Å². The number of hydrogen-bond donors (Lipinski definition) is 1. The predicted molar refractivity (Wildman–Crippen MR) is 78.6 cm³/mol. The Hall–Kier alpha value is -0.820. The predicted octanol–water partition coefficient (Wildman–Crippen LogP) is 4.39. The van der Waals surface area contributed by atoms with Crippen molar-refractivity contribution in [3.05, 3.63) is 35.4 Å². The van der Waals surface area contributed by atoms with Crippen LogP contribution in [0.5, 0.6) is 0 Å². The summed E-state index contributed by atoms with van der Waals surface area (Å²) < 4.78 is 0. The molecule has 2 atom stereocenters. The molecule has 0 bridgehead atoms. The van der Waals surface area contributed by atoms with Gasteiger partial charge in [-0.15, -0.1) is 0 Å². The van der Waals surface area contributed by atoms with Crippen LogP contribution in [0, 0.1) is 5.92 Å². The van der Waals surface area contributed by atoms with Gasteiger partial charge in [-0.3, -0.25) is 0 Å². The summed E-state index contributed by atoms with van der Waals surface area (Å²) in [7, 11) is 0. The molecule has 1 aliphatic carbocycles. The lowest BCUT2D eigenvalue weighted by Gasteiger charge is -2.41. The summed E-state index contributed by atoms with van der Waals surface area (Å²) >= 11 is 0. The highest BCUT2D eigenvalue weighted by Gasteiger charge is 2.37. The van der Waals surface area contributed by atoms with Crippen LogP contribution in [0.25, 0.3) is 0 Å². The van der Waals surface area contributed by atoms with Crippen molar-refractivity contribution < 1.29 is 0 Å². The van der Waals surface area contributed by atoms with Gasteiger partial charge in [-0.1, -0.05) is 63.8 Å². The first-order valence-corrected chi connectivity index (χ1v) is 7.59. The first kappa shape index (κ1) is 13.6. The van der Waals surface area contributed by atoms with Crippen molar-refractivity contribution in [1.29, 1.82) is 0 Å². The summed E-state index contributed by atoms with van der Waals surface area (Å²) in [6.45, 7) is 4.52. The Morgan fingerprint density at radius 2 is 2.11 bits per heavy atom. The third kappa shape index (κ3) is 2.61. The second-order valence-electron chi connectivity index (χ2n) is 5.84. The van der Waals surface area contributed by atoms with Crippen molar-refractivity contribution in [3.63, 3.8) is 0 Å². The first-order chi connectivity index (χ1) is 8.70. The van der Waals surface area contributed by atoms with Gasteiger partial charge in [0.25, 0.3) is 0 Å². The Labute approximate surface area is 112 Å². The molecule has 2 unspecified atom stereocenters. The molecule has 1 saturated carbocycles. The molecule has 0 spiro atoms. The zero-order valence-corrected chi connectivity index (χ0v) is 11.9. The molecule has 2 rings (SSSR count). The smallest absolute Gasteiger partial charge is 0.0438 e. The number of nitrogens with two attached hydrogens (primary N) is 1. The summed E-state index contributed by atoms with van der Waals surface area (Å²) in [5.74, 6) is 0.656. The molecule has 0 amide bonds. The quantitative estimate of drug-likeness (QED) is 0.836. The molecule has 2 N–H and O–H groups in total. The SMILES string of the molecule is CCCc1cccc(C2(N)CCCCC2CC)c1. The normalized spacial score (nSPS) is 28.3. The molecular formula is C17H27N. The summed E-state index contributed by atoms with van der Waals surface area (Å²) in [4.78, 5) is 0. The third-order valence-corrected chi connectivity index (χ3v) is 4.62. The van der Waals surface area contributed by atoms with Crippen LogP contribution in [-0.4, -0.2) is 0 Å². The Kier molecular flexibility index (Phi) is 4.45. The van der Waals surface area contributed by atoms with Gasteiger partial charge in [0.2, 0.25) is 0 Å². The van der Waals surface area contributed by atoms with E-state index in [-0.39, 0.29) is 5.54 Å². The molecule has 0 saturated heterocycles. The first-order valence-electron chi connectivity index (χ1n) is 7.59. The summed E-state index contributed by atoms with van der Waals surface area (Å²) in [6.07, 6.45) is 8.66. The van der Waals surface area contributed by atoms with Gasteiger partial charge in [-0.2, -0.15) is 0 Å². The van der Waals surface area contributed by atoms with Crippen molar-refractivity contribution in [1.82, 2.24) is 0 Å². The minimum atomic E-state index is -0.0727. The molecule has 0 aromatic heterocycles. The van der Waals surface area contributed by atoms with Gasteiger partial charge in [0.15, 0.2) is 0 Å². The largest absolute Gasteiger partial charge is 0.321 e. The van der Waals surface area contributed by atoms with Gasteiger partial charge < -0.3 is 5.73 Å². The third-order valence-electron chi connectivity index (χ3n) is 4.62. The van der Waals surface area contributed by atoms with E-state index in [1.54, 1.807) is 0 Å². The molecule has 0 aliphatic heterocycles. The maximum Gasteiger partial charge on any atom is 0.0438 e. The van der Waals surface area contributed by atoms with E-state index in [1.165, 1.54) is 49.7 Å². The van der Waals surface area contributed by atoms with Crippen molar-refractivity contribution in [2.24, 2.45) is 11.7 Å². The second-order valence-corrected chi connectivity index (χ2v) is 5.84. The Balaban J connectivity index is 2.29. The molecule has 1 fully saturated rings. The van der Waals surface area contributed by atoms with Gasteiger partial charge in [0.1, 0.15) is 0 Å². The molecule has 1 aliphatic rings. The molecular weight excluding hydrogens is 218 g/mol. The fourth-order valence-corrected chi connectivity index (χ4v) is 3.52. The minimum absolute atomic E-state index is 0.0727. The van der Waals surface area contributed by atoms with Gasteiger partial charge in [0, 0.05) is 5.54 Å². The Bertz CT molecular complexity index is 385. The number of rotatable bonds is 4. The van der Waals surface area contributed by atoms with Crippen molar-refractivity contribution in [3.8, 4) is 0 Å². The molecule has 1 nitrogen and oxygen atoms in total. The lowest BCUT2D eigenvalue weighted by Crippen LogP contribution is -2.46. The van der Waals surface area contributed by atoms with E-state index < -0.39 is 0 Å². The van der Waals surface area contributed by atoms with Crippen LogP contribution in [0.15, 0.2) is 24.3 Å². The molecule has 1 aromatic rings. The Morgan fingerprint density at radius 3 is 2.83 bits per heavy atom. The van der Waals surface area contributed by atoms with E-state index in [4.69, 9.17) is 5.73 Å². The van der Waals surface area contributed by atoms with Crippen LogP contribution in [0.3, 0.4) is 0 Å². The topological polar surface area (TPSA) is 26.0 Å². The zero-order valence-electron chi connectivity index (χ0n) is 11.9. The van der Waals surface area contributed by atoms with Crippen LogP contribution >= 0.6 is 0 Å². The van der Waals surface area contributed by atoms with Gasteiger partial charge in [-0.05, 0) is 36.3 Å². The monoisotopic (exact) mass is 245 g/mol. The van der Waals surface area contributed by atoms with Crippen LogP contribution in [0.4, 0.5) is 0 Å². The molecule has 100 valence electrons. The molecule has 18 heavy (non-hydrogen) atoms. The number of aryl methyl sites for hydroxylation is 1. The van der Waals surface area contributed by atoms with E-state index in [1.807, 2.05) is 0 Å². The molecule has 0 radical (unpaired) electrons. The van der Waals surface area contributed by atoms with Crippen molar-refractivity contribution in [2.45, 2.75) is 64.3 Å². The molecule has 1 aromatic carbocycles. The highest BCUT2D eigenvalue weighted by atomic mass is 14.8. The minimum Gasteiger partial charge on any atom is -0.321 e. The maximum atomic E-state index is 6.80. The summed E-state index contributed by atoms with van der Waals surface area (Å²) in [5.41, 5.74) is 9.55. The summed E-state index contributed by atoms with van der Waals surface area (Å²) in [6, 6.07) is 9.03. The van der Waals surface area contributed by atoms with E-state index >= 15 is 0 Å². The molecule has 1 heteroatoms. The van der Waals surface area contributed by atoms with Gasteiger partial charge in [0.05, 0.1) is 0 Å². The second kappa shape index (κ2) is 5.88. The summed E-state index contributed by atoms with van der Waals surface area (Å²) in [5, 5.41) is 0. The average molecular weight is 245 g/mol. The van der Waals surface area contributed by atoms with E-state index in [0.29, 0.717) is 5.92 Å². The van der Waals surface area contributed by atoms with Crippen LogP contribution in [0.2, 0.25) is 0 Å². The number of benzene rings is 1. The fraction of sp³-hybridized carbons (Fsp3) is 0.647. The average Bonchev–Trinajstić information content (AvgIpc) is 2.40. The maximum absolute atomic E-state index is 6.80. The van der Waals surface area contributed by atoms with E-state index in [9.17, 15) is 0 Å². The lowest BCUT2D eigenvalue weighted by atomic mass is 9.68. The Morgan fingerprint density at radius 1 is 1.28 bits per heavy atom. The standard InChI is InChI=1S/C17H27N/c1-3-8-14-9-7-11-16(13-14)17(18)12-6-5-10-15(17)4-2/h7,9,11,13,15H,3-6,8,10,12,18H2,1-2H3.